The molecule has 2 nitrogen and oxygen atoms in total. The summed E-state index contributed by atoms with van der Waals surface area (Å²) < 4.78 is 0. The van der Waals surface area contributed by atoms with E-state index in [0.717, 1.165) is 39.3 Å². The summed E-state index contributed by atoms with van der Waals surface area (Å²) in [6.45, 7) is 6.68. The van der Waals surface area contributed by atoms with Crippen molar-refractivity contribution in [3.05, 3.63) is 102 Å². The van der Waals surface area contributed by atoms with Crippen LogP contribution in [0, 0.1) is 0 Å². The largest absolute Gasteiger partial charge is 0.297 e. The third kappa shape index (κ3) is 5.19. The molecule has 1 aliphatic rings. The monoisotopic (exact) mass is 368 g/mol. The molecule has 28 heavy (non-hydrogen) atoms. The number of rotatable bonds is 6. The summed E-state index contributed by atoms with van der Waals surface area (Å²) >= 11 is 0. The van der Waals surface area contributed by atoms with Gasteiger partial charge in [0.05, 0.1) is 0 Å². The van der Waals surface area contributed by atoms with Crippen molar-refractivity contribution in [2.75, 3.05) is 32.7 Å². The molecule has 0 unspecified atom stereocenters. The second kappa shape index (κ2) is 9.50. The van der Waals surface area contributed by atoms with Gasteiger partial charge in [0, 0.05) is 39.3 Å². The van der Waals surface area contributed by atoms with E-state index in [0.29, 0.717) is 0 Å². The molecule has 0 radical (unpaired) electrons. The summed E-state index contributed by atoms with van der Waals surface area (Å²) in [5.74, 6) is 0. The third-order valence-electron chi connectivity index (χ3n) is 5.41. The second-order valence-electron chi connectivity index (χ2n) is 7.45. The van der Waals surface area contributed by atoms with Crippen LogP contribution in [0.2, 0.25) is 0 Å². The van der Waals surface area contributed by atoms with Gasteiger partial charge >= 0.3 is 0 Å². The molecule has 1 saturated heterocycles. The van der Waals surface area contributed by atoms with Gasteiger partial charge in [0.2, 0.25) is 0 Å². The van der Waals surface area contributed by atoms with Crippen LogP contribution in [0.5, 0.6) is 0 Å². The Hall–Kier alpha value is -2.68. The first kappa shape index (κ1) is 18.7. The zero-order valence-electron chi connectivity index (χ0n) is 16.4. The fourth-order valence-corrected chi connectivity index (χ4v) is 3.73. The highest BCUT2D eigenvalue weighted by Crippen LogP contribution is 2.19. The van der Waals surface area contributed by atoms with Gasteiger partial charge in [-0.3, -0.25) is 9.80 Å². The minimum absolute atomic E-state index is 1.03. The first-order valence-electron chi connectivity index (χ1n) is 10.2. The van der Waals surface area contributed by atoms with Crippen molar-refractivity contribution < 1.29 is 0 Å². The molecule has 1 fully saturated rings. The number of nitrogens with zero attached hydrogens (tertiary/aromatic N) is 2. The Labute approximate surface area is 168 Å². The Morgan fingerprint density at radius 1 is 0.607 bits per heavy atom. The van der Waals surface area contributed by atoms with Crippen molar-refractivity contribution in [2.24, 2.45) is 0 Å². The van der Waals surface area contributed by atoms with Gasteiger partial charge in [-0.1, -0.05) is 97.1 Å². The van der Waals surface area contributed by atoms with Crippen molar-refractivity contribution in [2.45, 2.75) is 6.54 Å². The van der Waals surface area contributed by atoms with Crippen LogP contribution in [0.15, 0.2) is 91.0 Å². The van der Waals surface area contributed by atoms with Crippen molar-refractivity contribution in [3.63, 3.8) is 0 Å². The van der Waals surface area contributed by atoms with E-state index < -0.39 is 0 Å². The Balaban J connectivity index is 1.23. The summed E-state index contributed by atoms with van der Waals surface area (Å²) in [6.07, 6.45) is 4.54. The van der Waals surface area contributed by atoms with E-state index in [1.54, 1.807) is 0 Å². The average molecular weight is 369 g/mol. The van der Waals surface area contributed by atoms with Crippen molar-refractivity contribution in [1.29, 1.82) is 0 Å². The molecule has 0 N–H and O–H groups in total. The van der Waals surface area contributed by atoms with Crippen LogP contribution in [0.4, 0.5) is 0 Å². The van der Waals surface area contributed by atoms with Crippen molar-refractivity contribution in [3.8, 4) is 11.1 Å². The highest BCUT2D eigenvalue weighted by atomic mass is 15.3. The van der Waals surface area contributed by atoms with Gasteiger partial charge in [-0.25, -0.2) is 0 Å². The standard InChI is InChI=1S/C26H28N2/c1-3-8-24(9-4-1)22-28-20-18-27(19-21-28)17-7-10-23-13-15-26(16-14-23)25-11-5-2-6-12-25/h1-16H,17-22H2. The molecule has 142 valence electrons. The normalized spacial score (nSPS) is 15.9. The first-order chi connectivity index (χ1) is 13.9. The lowest BCUT2D eigenvalue weighted by Gasteiger charge is -2.34. The van der Waals surface area contributed by atoms with Gasteiger partial charge in [0.1, 0.15) is 0 Å². The molecule has 2 heteroatoms. The zero-order valence-corrected chi connectivity index (χ0v) is 16.4. The van der Waals surface area contributed by atoms with Gasteiger partial charge in [-0.05, 0) is 22.3 Å². The van der Waals surface area contributed by atoms with E-state index in [2.05, 4.69) is 107 Å². The molecule has 0 saturated carbocycles. The van der Waals surface area contributed by atoms with E-state index in [1.807, 2.05) is 0 Å². The number of hydrogen-bond donors (Lipinski definition) is 0. The van der Waals surface area contributed by atoms with E-state index in [9.17, 15) is 0 Å². The smallest absolute Gasteiger partial charge is 0.0234 e. The Morgan fingerprint density at radius 2 is 1.18 bits per heavy atom. The molecule has 0 spiro atoms. The number of piperazine rings is 1. The number of benzene rings is 3. The lowest BCUT2D eigenvalue weighted by Crippen LogP contribution is -2.45. The minimum Gasteiger partial charge on any atom is -0.297 e. The highest BCUT2D eigenvalue weighted by Gasteiger charge is 2.15. The maximum absolute atomic E-state index is 2.55. The first-order valence-corrected chi connectivity index (χ1v) is 10.2. The SMILES string of the molecule is C(=Cc1ccc(-c2ccccc2)cc1)CN1CCN(Cc2ccccc2)CC1. The maximum atomic E-state index is 2.55. The van der Waals surface area contributed by atoms with Crippen LogP contribution in [-0.4, -0.2) is 42.5 Å². The van der Waals surface area contributed by atoms with E-state index in [-0.39, 0.29) is 0 Å². The maximum Gasteiger partial charge on any atom is 0.0234 e. The fraction of sp³-hybridized carbons (Fsp3) is 0.231. The van der Waals surface area contributed by atoms with Crippen LogP contribution in [0.3, 0.4) is 0 Å². The predicted molar refractivity (Wildman–Crippen MR) is 119 cm³/mol. The van der Waals surface area contributed by atoms with Gasteiger partial charge in [-0.15, -0.1) is 0 Å². The highest BCUT2D eigenvalue weighted by molar-refractivity contribution is 5.65. The molecule has 0 aliphatic carbocycles. The molecule has 1 aliphatic heterocycles. The van der Waals surface area contributed by atoms with Crippen LogP contribution < -0.4 is 0 Å². The Morgan fingerprint density at radius 3 is 1.86 bits per heavy atom. The second-order valence-corrected chi connectivity index (χ2v) is 7.45. The summed E-state index contributed by atoms with van der Waals surface area (Å²) in [4.78, 5) is 5.09. The minimum atomic E-state index is 1.03. The van der Waals surface area contributed by atoms with Crippen LogP contribution in [0.25, 0.3) is 17.2 Å². The molecule has 0 bridgehead atoms. The number of hydrogen-bond acceptors (Lipinski definition) is 2. The average Bonchev–Trinajstić information content (AvgIpc) is 2.77. The lowest BCUT2D eigenvalue weighted by molar-refractivity contribution is 0.137. The summed E-state index contributed by atoms with van der Waals surface area (Å²) in [5, 5.41) is 0. The zero-order chi connectivity index (χ0) is 19.0. The summed E-state index contributed by atoms with van der Waals surface area (Å²) in [6, 6.07) is 30.1. The van der Waals surface area contributed by atoms with Gasteiger partial charge in [0.25, 0.3) is 0 Å². The third-order valence-corrected chi connectivity index (χ3v) is 5.41. The molecule has 0 amide bonds. The van der Waals surface area contributed by atoms with Gasteiger partial charge in [-0.2, -0.15) is 0 Å². The molecule has 0 aromatic heterocycles. The van der Waals surface area contributed by atoms with Crippen molar-refractivity contribution in [1.82, 2.24) is 9.80 Å². The molecular weight excluding hydrogens is 340 g/mol. The van der Waals surface area contributed by atoms with Crippen LogP contribution in [0.1, 0.15) is 11.1 Å². The van der Waals surface area contributed by atoms with Crippen molar-refractivity contribution >= 4 is 6.08 Å². The van der Waals surface area contributed by atoms with Crippen LogP contribution in [-0.2, 0) is 6.54 Å². The van der Waals surface area contributed by atoms with Gasteiger partial charge < -0.3 is 0 Å². The van der Waals surface area contributed by atoms with E-state index in [1.165, 1.54) is 22.3 Å². The summed E-state index contributed by atoms with van der Waals surface area (Å²) in [5.41, 5.74) is 5.22. The molecule has 1 heterocycles. The molecule has 3 aromatic rings. The Bertz CT molecular complexity index is 861. The van der Waals surface area contributed by atoms with E-state index >= 15 is 0 Å². The van der Waals surface area contributed by atoms with Gasteiger partial charge in [0.15, 0.2) is 0 Å². The van der Waals surface area contributed by atoms with Crippen LogP contribution >= 0.6 is 0 Å². The van der Waals surface area contributed by atoms with E-state index in [4.69, 9.17) is 0 Å². The molecule has 4 rings (SSSR count). The topological polar surface area (TPSA) is 6.48 Å². The molecular formula is C26H28N2. The lowest BCUT2D eigenvalue weighted by atomic mass is 10.0. The summed E-state index contributed by atoms with van der Waals surface area (Å²) in [7, 11) is 0. The quantitative estimate of drug-likeness (QED) is 0.591. The predicted octanol–water partition coefficient (Wildman–Crippen LogP) is 5.18. The molecule has 3 aromatic carbocycles. The fourth-order valence-electron chi connectivity index (χ4n) is 3.73. The molecule has 0 atom stereocenters. The Kier molecular flexibility index (Phi) is 6.33.